The Labute approximate surface area is 124 Å². The van der Waals surface area contributed by atoms with Crippen LogP contribution >= 0.6 is 0 Å². The summed E-state index contributed by atoms with van der Waals surface area (Å²) in [4.78, 5) is 14.4. The molecule has 1 fully saturated rings. The summed E-state index contributed by atoms with van der Waals surface area (Å²) in [5, 5.41) is 8.90. The zero-order valence-corrected chi connectivity index (χ0v) is 13.4. The van der Waals surface area contributed by atoms with E-state index in [0.717, 1.165) is 25.3 Å². The highest BCUT2D eigenvalue weighted by atomic mass is 16.2. The average molecular weight is 278 g/mol. The molecular formula is C17H30N2O. The smallest absolute Gasteiger partial charge is 0.225 e. The van der Waals surface area contributed by atoms with Crippen molar-refractivity contribution >= 4 is 5.91 Å². The zero-order chi connectivity index (χ0) is 15.0. The average Bonchev–Trinajstić information content (AvgIpc) is 2.50. The van der Waals surface area contributed by atoms with Gasteiger partial charge in [-0.15, -0.1) is 0 Å². The number of unbranched alkanes of at least 4 members (excludes halogenated alkanes) is 1. The first-order chi connectivity index (χ1) is 9.62. The first-order valence-corrected chi connectivity index (χ1v) is 8.30. The molecule has 1 rings (SSSR count). The van der Waals surface area contributed by atoms with Gasteiger partial charge in [0.15, 0.2) is 0 Å². The van der Waals surface area contributed by atoms with E-state index in [1.54, 1.807) is 0 Å². The third-order valence-electron chi connectivity index (χ3n) is 4.57. The van der Waals surface area contributed by atoms with Gasteiger partial charge in [0.2, 0.25) is 5.91 Å². The fourth-order valence-corrected chi connectivity index (χ4v) is 3.20. The lowest BCUT2D eigenvalue weighted by Crippen LogP contribution is -2.39. The van der Waals surface area contributed by atoms with Crippen LogP contribution in [-0.2, 0) is 4.79 Å². The minimum atomic E-state index is -0.0696. The monoisotopic (exact) mass is 278 g/mol. The van der Waals surface area contributed by atoms with Crippen LogP contribution in [0.4, 0.5) is 0 Å². The first-order valence-electron chi connectivity index (χ1n) is 8.30. The van der Waals surface area contributed by atoms with Gasteiger partial charge in [-0.2, -0.15) is 5.26 Å². The van der Waals surface area contributed by atoms with Crippen molar-refractivity contribution in [3.05, 3.63) is 0 Å². The highest BCUT2D eigenvalue weighted by Crippen LogP contribution is 2.32. The van der Waals surface area contributed by atoms with Gasteiger partial charge in [0.25, 0.3) is 0 Å². The lowest BCUT2D eigenvalue weighted by atomic mass is 9.79. The summed E-state index contributed by atoms with van der Waals surface area (Å²) in [7, 11) is 0. The van der Waals surface area contributed by atoms with E-state index in [-0.39, 0.29) is 17.7 Å². The second kappa shape index (κ2) is 9.00. The summed E-state index contributed by atoms with van der Waals surface area (Å²) >= 11 is 0. The quantitative estimate of drug-likeness (QED) is 0.706. The molecule has 0 aromatic heterocycles. The molecule has 0 aromatic carbocycles. The molecule has 1 amide bonds. The number of nitriles is 1. The number of carbonyl (C=O) groups is 1. The summed E-state index contributed by atoms with van der Waals surface area (Å²) in [5.74, 6) is 1.26. The summed E-state index contributed by atoms with van der Waals surface area (Å²) in [6.07, 6.45) is 8.44. The third kappa shape index (κ3) is 5.15. The van der Waals surface area contributed by atoms with E-state index in [4.69, 9.17) is 5.26 Å². The highest BCUT2D eigenvalue weighted by molar-refractivity contribution is 5.78. The summed E-state index contributed by atoms with van der Waals surface area (Å²) in [5.41, 5.74) is 0. The lowest BCUT2D eigenvalue weighted by Gasteiger charge is -2.32. The molecule has 0 N–H and O–H groups in total. The molecule has 114 valence electrons. The molecule has 0 aliphatic heterocycles. The van der Waals surface area contributed by atoms with E-state index < -0.39 is 0 Å². The Morgan fingerprint density at radius 3 is 2.45 bits per heavy atom. The molecular weight excluding hydrogens is 248 g/mol. The van der Waals surface area contributed by atoms with Crippen molar-refractivity contribution in [2.24, 2.45) is 17.8 Å². The summed E-state index contributed by atoms with van der Waals surface area (Å²) < 4.78 is 0. The summed E-state index contributed by atoms with van der Waals surface area (Å²) in [6, 6.07) is 2.22. The van der Waals surface area contributed by atoms with E-state index in [1.165, 1.54) is 32.1 Å². The van der Waals surface area contributed by atoms with Crippen molar-refractivity contribution in [1.82, 2.24) is 4.90 Å². The minimum Gasteiger partial charge on any atom is -0.341 e. The number of carbonyl (C=O) groups excluding carboxylic acids is 1. The Bertz CT molecular complexity index is 326. The molecule has 1 aliphatic rings. The van der Waals surface area contributed by atoms with Crippen LogP contribution in [0.1, 0.15) is 65.7 Å². The summed E-state index contributed by atoms with van der Waals surface area (Å²) in [6.45, 7) is 7.44. The first kappa shape index (κ1) is 17.0. The van der Waals surface area contributed by atoms with Gasteiger partial charge in [-0.1, -0.05) is 26.2 Å². The van der Waals surface area contributed by atoms with Crippen LogP contribution < -0.4 is 0 Å². The van der Waals surface area contributed by atoms with Crippen molar-refractivity contribution in [3.63, 3.8) is 0 Å². The second-order valence-corrected chi connectivity index (χ2v) is 6.27. The van der Waals surface area contributed by atoms with E-state index >= 15 is 0 Å². The second-order valence-electron chi connectivity index (χ2n) is 6.27. The maximum absolute atomic E-state index is 12.5. The third-order valence-corrected chi connectivity index (χ3v) is 4.57. The van der Waals surface area contributed by atoms with Gasteiger partial charge in [0, 0.05) is 19.0 Å². The van der Waals surface area contributed by atoms with Crippen molar-refractivity contribution < 1.29 is 4.79 Å². The van der Waals surface area contributed by atoms with Gasteiger partial charge in [-0.25, -0.2) is 0 Å². The maximum Gasteiger partial charge on any atom is 0.225 e. The Morgan fingerprint density at radius 2 is 1.95 bits per heavy atom. The van der Waals surface area contributed by atoms with Crippen molar-refractivity contribution in [1.29, 1.82) is 5.26 Å². The number of nitrogens with zero attached hydrogens (tertiary/aromatic N) is 2. The number of hydrogen-bond donors (Lipinski definition) is 0. The van der Waals surface area contributed by atoms with Gasteiger partial charge in [-0.3, -0.25) is 4.79 Å². The SMILES string of the molecule is CCCCC1CCC(C(=O)N(CC)CC(C)C#N)CC1. The van der Waals surface area contributed by atoms with Gasteiger partial charge >= 0.3 is 0 Å². The number of rotatable bonds is 7. The normalized spacial score (nSPS) is 23.9. The van der Waals surface area contributed by atoms with Gasteiger partial charge in [0.05, 0.1) is 12.0 Å². The molecule has 0 aromatic rings. The largest absolute Gasteiger partial charge is 0.341 e. The molecule has 0 saturated heterocycles. The van der Waals surface area contributed by atoms with E-state index in [0.29, 0.717) is 6.54 Å². The van der Waals surface area contributed by atoms with Crippen LogP contribution in [0, 0.1) is 29.1 Å². The van der Waals surface area contributed by atoms with Crippen LogP contribution in [0.15, 0.2) is 0 Å². The molecule has 0 radical (unpaired) electrons. The van der Waals surface area contributed by atoms with Gasteiger partial charge < -0.3 is 4.90 Å². The fourth-order valence-electron chi connectivity index (χ4n) is 3.20. The fraction of sp³-hybridized carbons (Fsp3) is 0.882. The lowest BCUT2D eigenvalue weighted by molar-refractivity contribution is -0.137. The zero-order valence-electron chi connectivity index (χ0n) is 13.4. The predicted octanol–water partition coefficient (Wildman–Crippen LogP) is 3.99. The molecule has 0 spiro atoms. The maximum atomic E-state index is 12.5. The molecule has 20 heavy (non-hydrogen) atoms. The molecule has 1 aliphatic carbocycles. The molecule has 1 saturated carbocycles. The molecule has 0 bridgehead atoms. The van der Waals surface area contributed by atoms with Crippen LogP contribution in [0.2, 0.25) is 0 Å². The highest BCUT2D eigenvalue weighted by Gasteiger charge is 2.29. The van der Waals surface area contributed by atoms with Crippen LogP contribution in [-0.4, -0.2) is 23.9 Å². The number of amides is 1. The van der Waals surface area contributed by atoms with Gasteiger partial charge in [-0.05, 0) is 45.4 Å². The molecule has 1 atom stereocenters. The Balaban J connectivity index is 2.42. The molecule has 3 heteroatoms. The van der Waals surface area contributed by atoms with Crippen LogP contribution in [0.3, 0.4) is 0 Å². The molecule has 0 heterocycles. The Morgan fingerprint density at radius 1 is 1.30 bits per heavy atom. The topological polar surface area (TPSA) is 44.1 Å². The molecule has 1 unspecified atom stereocenters. The van der Waals surface area contributed by atoms with E-state index in [1.807, 2.05) is 18.7 Å². The van der Waals surface area contributed by atoms with E-state index in [9.17, 15) is 4.79 Å². The Kier molecular flexibility index (Phi) is 7.65. The Hall–Kier alpha value is -1.04. The standard InChI is InChI=1S/C17H30N2O/c1-4-6-7-15-8-10-16(11-9-15)17(20)19(5-2)13-14(3)12-18/h14-16H,4-11,13H2,1-3H3. The predicted molar refractivity (Wildman–Crippen MR) is 82.0 cm³/mol. The minimum absolute atomic E-state index is 0.0696. The van der Waals surface area contributed by atoms with Crippen molar-refractivity contribution in [3.8, 4) is 6.07 Å². The van der Waals surface area contributed by atoms with Gasteiger partial charge in [0.1, 0.15) is 0 Å². The van der Waals surface area contributed by atoms with Crippen LogP contribution in [0.25, 0.3) is 0 Å². The van der Waals surface area contributed by atoms with Crippen molar-refractivity contribution in [2.75, 3.05) is 13.1 Å². The van der Waals surface area contributed by atoms with E-state index in [2.05, 4.69) is 13.0 Å². The van der Waals surface area contributed by atoms with Crippen LogP contribution in [0.5, 0.6) is 0 Å². The number of hydrogen-bond acceptors (Lipinski definition) is 2. The molecule has 3 nitrogen and oxygen atoms in total. The van der Waals surface area contributed by atoms with Crippen molar-refractivity contribution in [2.45, 2.75) is 65.7 Å².